The van der Waals surface area contributed by atoms with E-state index in [1.165, 1.54) is 11.3 Å². The molecular formula is C26H31N3O5S. The van der Waals surface area contributed by atoms with E-state index in [-0.39, 0.29) is 29.5 Å². The Labute approximate surface area is 209 Å². The van der Waals surface area contributed by atoms with Gasteiger partial charge in [-0.1, -0.05) is 38.2 Å². The molecule has 0 saturated heterocycles. The molecule has 8 nitrogen and oxygen atoms in total. The van der Waals surface area contributed by atoms with Crippen molar-refractivity contribution in [2.45, 2.75) is 58.6 Å². The first-order valence-corrected chi connectivity index (χ1v) is 13.0. The van der Waals surface area contributed by atoms with E-state index in [0.717, 1.165) is 36.3 Å². The predicted octanol–water partition coefficient (Wildman–Crippen LogP) is 4.50. The predicted molar refractivity (Wildman–Crippen MR) is 132 cm³/mol. The molecule has 35 heavy (non-hydrogen) atoms. The van der Waals surface area contributed by atoms with Crippen LogP contribution < -0.4 is 14.4 Å². The van der Waals surface area contributed by atoms with Gasteiger partial charge in [0.05, 0.1) is 31.8 Å². The van der Waals surface area contributed by atoms with Crippen LogP contribution in [-0.2, 0) is 20.7 Å². The minimum absolute atomic E-state index is 0.00364. The van der Waals surface area contributed by atoms with Gasteiger partial charge in [-0.05, 0) is 48.8 Å². The molecule has 1 aromatic heterocycles. The van der Waals surface area contributed by atoms with Gasteiger partial charge >= 0.3 is 0 Å². The third-order valence-electron chi connectivity index (χ3n) is 7.56. The van der Waals surface area contributed by atoms with Crippen LogP contribution in [0.15, 0.2) is 29.5 Å². The molecule has 5 atom stereocenters. The lowest BCUT2D eigenvalue weighted by molar-refractivity contribution is -0.134. The molecule has 0 N–H and O–H groups in total. The summed E-state index contributed by atoms with van der Waals surface area (Å²) < 4.78 is 17.3. The molecule has 3 heterocycles. The van der Waals surface area contributed by atoms with Gasteiger partial charge in [0.15, 0.2) is 23.0 Å². The number of anilines is 1. The van der Waals surface area contributed by atoms with Crippen LogP contribution >= 0.6 is 11.3 Å². The number of benzene rings is 1. The molecule has 0 radical (unpaired) electrons. The van der Waals surface area contributed by atoms with Crippen molar-refractivity contribution in [3.8, 4) is 11.5 Å². The summed E-state index contributed by atoms with van der Waals surface area (Å²) in [6.45, 7) is 6.45. The highest BCUT2D eigenvalue weighted by Crippen LogP contribution is 2.50. The number of hydrogen-bond donors (Lipinski definition) is 0. The first-order chi connectivity index (χ1) is 16.9. The van der Waals surface area contributed by atoms with E-state index in [9.17, 15) is 9.59 Å². The molecule has 9 heteroatoms. The summed E-state index contributed by atoms with van der Waals surface area (Å²) in [4.78, 5) is 29.4. The van der Waals surface area contributed by atoms with Gasteiger partial charge in [-0.25, -0.2) is 0 Å². The minimum Gasteiger partial charge on any atom is -0.493 e. The highest BCUT2D eigenvalue weighted by atomic mass is 32.1. The van der Waals surface area contributed by atoms with Crippen LogP contribution in [0.4, 0.5) is 5.13 Å². The minimum atomic E-state index is -0.664. The van der Waals surface area contributed by atoms with Crippen molar-refractivity contribution in [2.75, 3.05) is 19.1 Å². The number of fused-ring (bicyclic) bond motifs is 1. The van der Waals surface area contributed by atoms with Crippen molar-refractivity contribution >= 4 is 28.2 Å². The molecule has 0 spiro atoms. The summed E-state index contributed by atoms with van der Waals surface area (Å²) in [7, 11) is 3.14. The second-order valence-corrected chi connectivity index (χ2v) is 10.8. The zero-order valence-electron chi connectivity index (χ0n) is 20.7. The first-order valence-electron chi connectivity index (χ1n) is 12.2. The Bertz CT molecular complexity index is 1190. The monoisotopic (exact) mass is 497 g/mol. The Kier molecular flexibility index (Phi) is 6.29. The van der Waals surface area contributed by atoms with Gasteiger partial charge in [-0.3, -0.25) is 14.5 Å². The molecule has 1 saturated carbocycles. The Morgan fingerprint density at radius 1 is 1.09 bits per heavy atom. The molecule has 2 aromatic rings. The summed E-state index contributed by atoms with van der Waals surface area (Å²) >= 11 is 1.38. The van der Waals surface area contributed by atoms with E-state index in [1.807, 2.05) is 12.1 Å². The number of carbonyl (C=O) groups is 2. The quantitative estimate of drug-likeness (QED) is 0.580. The fourth-order valence-corrected chi connectivity index (χ4v) is 6.42. The number of Topliss-reactive ketones (excluding diaryl/α,β-unsaturated/α-hetero) is 1. The van der Waals surface area contributed by atoms with Crippen molar-refractivity contribution in [1.29, 1.82) is 0 Å². The number of ketones is 1. The van der Waals surface area contributed by atoms with Gasteiger partial charge in [0.1, 0.15) is 11.1 Å². The van der Waals surface area contributed by atoms with Crippen molar-refractivity contribution in [2.24, 2.45) is 17.8 Å². The molecule has 5 unspecified atom stereocenters. The Hall–Kier alpha value is -2.94. The second kappa shape index (κ2) is 9.26. The van der Waals surface area contributed by atoms with Gasteiger partial charge in [-0.15, -0.1) is 10.2 Å². The number of hydrogen-bond acceptors (Lipinski definition) is 8. The number of nitrogens with zero attached hydrogens (tertiary/aromatic N) is 3. The van der Waals surface area contributed by atoms with Crippen molar-refractivity contribution in [3.63, 3.8) is 0 Å². The lowest BCUT2D eigenvalue weighted by Crippen LogP contribution is -2.43. The normalized spacial score (nSPS) is 28.0. The smallest absolute Gasteiger partial charge is 0.296 e. The van der Waals surface area contributed by atoms with Gasteiger partial charge < -0.3 is 14.2 Å². The standard InChI is InChI=1S/C26H31N3O5S/c1-6-7-20-27-28-26(35-20)29-22(15-8-9-17(32-4)19(12-15)33-5)21-23(30)16-10-13(2)14(3)11-18(16)34-24(21)25(29)31/h8-9,12-14,16,18,22H,6-7,10-11H2,1-5H3. The maximum atomic E-state index is 14.0. The van der Waals surface area contributed by atoms with Crippen LogP contribution in [0, 0.1) is 17.8 Å². The maximum absolute atomic E-state index is 14.0. The fourth-order valence-electron chi connectivity index (χ4n) is 5.45. The van der Waals surface area contributed by atoms with Crippen LogP contribution in [0.25, 0.3) is 0 Å². The van der Waals surface area contributed by atoms with E-state index in [4.69, 9.17) is 14.2 Å². The number of methoxy groups -OCH3 is 2. The molecule has 2 aliphatic heterocycles. The summed E-state index contributed by atoms with van der Waals surface area (Å²) in [5, 5.41) is 9.95. The molecule has 0 bridgehead atoms. The lowest BCUT2D eigenvalue weighted by Gasteiger charge is -2.40. The number of aryl methyl sites for hydroxylation is 1. The van der Waals surface area contributed by atoms with E-state index >= 15 is 0 Å². The lowest BCUT2D eigenvalue weighted by atomic mass is 9.70. The topological polar surface area (TPSA) is 90.9 Å². The van der Waals surface area contributed by atoms with Crippen LogP contribution in [-0.4, -0.2) is 42.2 Å². The van der Waals surface area contributed by atoms with Crippen molar-refractivity contribution < 1.29 is 23.8 Å². The van der Waals surface area contributed by atoms with Crippen LogP contribution in [0.1, 0.15) is 56.6 Å². The maximum Gasteiger partial charge on any atom is 0.296 e. The summed E-state index contributed by atoms with van der Waals surface area (Å²) in [5.41, 5.74) is 1.15. The van der Waals surface area contributed by atoms with Crippen LogP contribution in [0.5, 0.6) is 11.5 Å². The highest BCUT2D eigenvalue weighted by Gasteiger charge is 2.54. The van der Waals surface area contributed by atoms with E-state index < -0.39 is 6.04 Å². The Morgan fingerprint density at radius 2 is 1.83 bits per heavy atom. The average Bonchev–Trinajstić information content (AvgIpc) is 3.42. The third kappa shape index (κ3) is 3.90. The van der Waals surface area contributed by atoms with Gasteiger partial charge in [0.25, 0.3) is 5.91 Å². The molecule has 1 fully saturated rings. The Morgan fingerprint density at radius 3 is 2.54 bits per heavy atom. The molecule has 1 aromatic carbocycles. The van der Waals surface area contributed by atoms with Crippen LogP contribution in [0.2, 0.25) is 0 Å². The van der Waals surface area contributed by atoms with E-state index in [0.29, 0.717) is 34.0 Å². The molecular weight excluding hydrogens is 466 g/mol. The van der Waals surface area contributed by atoms with Gasteiger partial charge in [0.2, 0.25) is 5.13 Å². The highest BCUT2D eigenvalue weighted by molar-refractivity contribution is 7.15. The number of carbonyl (C=O) groups excluding carboxylic acids is 2. The Balaban J connectivity index is 1.63. The van der Waals surface area contributed by atoms with Crippen molar-refractivity contribution in [3.05, 3.63) is 40.1 Å². The number of amides is 1. The molecule has 5 rings (SSSR count). The zero-order valence-corrected chi connectivity index (χ0v) is 21.6. The summed E-state index contributed by atoms with van der Waals surface area (Å²) in [5.74, 6) is 1.52. The van der Waals surface area contributed by atoms with E-state index in [1.54, 1.807) is 25.2 Å². The largest absolute Gasteiger partial charge is 0.493 e. The number of aromatic nitrogens is 2. The SMILES string of the molecule is CCCc1nnc(N2C(=O)C3=C(C(=O)C4CC(C)C(C)CC4O3)C2c2ccc(OC)c(OC)c2)s1. The average molecular weight is 498 g/mol. The molecule has 1 amide bonds. The van der Waals surface area contributed by atoms with Crippen molar-refractivity contribution in [1.82, 2.24) is 10.2 Å². The fraction of sp³-hybridized carbons (Fsp3) is 0.538. The summed E-state index contributed by atoms with van der Waals surface area (Å²) in [6.07, 6.45) is 2.96. The second-order valence-electron chi connectivity index (χ2n) is 9.72. The summed E-state index contributed by atoms with van der Waals surface area (Å²) in [6, 6.07) is 4.81. The molecule has 1 aliphatic carbocycles. The van der Waals surface area contributed by atoms with Gasteiger partial charge in [-0.2, -0.15) is 0 Å². The molecule has 186 valence electrons. The van der Waals surface area contributed by atoms with Crippen LogP contribution in [0.3, 0.4) is 0 Å². The first kappa shape index (κ1) is 23.8. The molecule has 3 aliphatic rings. The van der Waals surface area contributed by atoms with Gasteiger partial charge in [0, 0.05) is 6.42 Å². The number of rotatable bonds is 6. The zero-order chi connectivity index (χ0) is 24.9. The van der Waals surface area contributed by atoms with E-state index in [2.05, 4.69) is 31.0 Å². The number of ether oxygens (including phenoxy) is 3. The third-order valence-corrected chi connectivity index (χ3v) is 8.54.